The van der Waals surface area contributed by atoms with Crippen LogP contribution in [0.3, 0.4) is 0 Å². The van der Waals surface area contributed by atoms with E-state index in [1.54, 1.807) is 0 Å². The summed E-state index contributed by atoms with van der Waals surface area (Å²) in [5.41, 5.74) is 4.57. The monoisotopic (exact) mass is 410 g/mol. The fourth-order valence-corrected chi connectivity index (χ4v) is 11.3. The quantitative estimate of drug-likeness (QED) is 0.378. The molecule has 0 heteroatoms. The summed E-state index contributed by atoms with van der Waals surface area (Å²) >= 11 is 0. The predicted molar refractivity (Wildman–Crippen MR) is 129 cm³/mol. The van der Waals surface area contributed by atoms with Crippen LogP contribution in [0.25, 0.3) is 0 Å². The van der Waals surface area contributed by atoms with Crippen molar-refractivity contribution in [2.24, 2.45) is 56.7 Å². The predicted octanol–water partition coefficient (Wildman–Crippen LogP) is 9.05. The van der Waals surface area contributed by atoms with E-state index in [1.165, 1.54) is 64.2 Å². The zero-order chi connectivity index (χ0) is 21.7. The van der Waals surface area contributed by atoms with Crippen molar-refractivity contribution in [2.75, 3.05) is 0 Å². The molecule has 0 aromatic carbocycles. The van der Waals surface area contributed by atoms with Crippen molar-refractivity contribution < 1.29 is 0 Å². The van der Waals surface area contributed by atoms with Crippen molar-refractivity contribution in [3.05, 3.63) is 11.6 Å². The third-order valence-corrected chi connectivity index (χ3v) is 13.0. The first kappa shape index (κ1) is 21.6. The van der Waals surface area contributed by atoms with E-state index >= 15 is 0 Å². The molecule has 5 aliphatic rings. The lowest BCUT2D eigenvalue weighted by molar-refractivity contribution is -0.144. The number of hydrogen-bond acceptors (Lipinski definition) is 0. The second-order valence-corrected chi connectivity index (χ2v) is 14.6. The van der Waals surface area contributed by atoms with E-state index in [9.17, 15) is 0 Å². The minimum Gasteiger partial charge on any atom is -0.0841 e. The summed E-state index contributed by atoms with van der Waals surface area (Å²) in [6.45, 7) is 21.1. The van der Waals surface area contributed by atoms with Crippen LogP contribution in [0.4, 0.5) is 0 Å². The van der Waals surface area contributed by atoms with Crippen LogP contribution in [0.5, 0.6) is 0 Å². The van der Waals surface area contributed by atoms with Crippen LogP contribution in [0, 0.1) is 56.7 Å². The largest absolute Gasteiger partial charge is 0.0841 e. The van der Waals surface area contributed by atoms with Gasteiger partial charge in [0.2, 0.25) is 0 Å². The molecule has 0 unspecified atom stereocenters. The van der Waals surface area contributed by atoms with Crippen LogP contribution in [-0.4, -0.2) is 0 Å². The van der Waals surface area contributed by atoms with Gasteiger partial charge in [0.1, 0.15) is 0 Å². The van der Waals surface area contributed by atoms with Gasteiger partial charge >= 0.3 is 0 Å². The van der Waals surface area contributed by atoms with Gasteiger partial charge in [0.15, 0.2) is 0 Å². The third kappa shape index (κ3) is 2.46. The number of fused-ring (bicyclic) bond motifs is 7. The normalized spacial score (nSPS) is 54.6. The van der Waals surface area contributed by atoms with Crippen LogP contribution < -0.4 is 0 Å². The summed E-state index contributed by atoms with van der Waals surface area (Å²) in [6.07, 6.45) is 17.4. The summed E-state index contributed by atoms with van der Waals surface area (Å²) < 4.78 is 0. The van der Waals surface area contributed by atoms with E-state index < -0.39 is 0 Å². The number of hydrogen-bond donors (Lipinski definition) is 0. The van der Waals surface area contributed by atoms with Crippen LogP contribution >= 0.6 is 0 Å². The van der Waals surface area contributed by atoms with Gasteiger partial charge in [-0.2, -0.15) is 0 Å². The zero-order valence-electron chi connectivity index (χ0n) is 21.5. The van der Waals surface area contributed by atoms with Crippen molar-refractivity contribution in [2.45, 2.75) is 120 Å². The molecule has 5 aliphatic carbocycles. The van der Waals surface area contributed by atoms with E-state index in [0.717, 1.165) is 29.6 Å². The van der Waals surface area contributed by atoms with Gasteiger partial charge in [0, 0.05) is 0 Å². The Labute approximate surface area is 188 Å². The topological polar surface area (TPSA) is 0 Å². The van der Waals surface area contributed by atoms with Crippen molar-refractivity contribution >= 4 is 0 Å². The van der Waals surface area contributed by atoms with Crippen LogP contribution in [0.15, 0.2) is 11.6 Å². The van der Waals surface area contributed by atoms with Crippen molar-refractivity contribution in [3.63, 3.8) is 0 Å². The molecule has 170 valence electrons. The molecule has 0 saturated heterocycles. The molecule has 0 N–H and O–H groups in total. The molecule has 0 aliphatic heterocycles. The van der Waals surface area contributed by atoms with Crippen LogP contribution in [-0.2, 0) is 0 Å². The lowest BCUT2D eigenvalue weighted by atomic mass is 9.36. The summed E-state index contributed by atoms with van der Waals surface area (Å²) in [4.78, 5) is 0. The van der Waals surface area contributed by atoms with Crippen molar-refractivity contribution in [1.82, 2.24) is 0 Å². The van der Waals surface area contributed by atoms with Gasteiger partial charge in [-0.05, 0) is 114 Å². The third-order valence-electron chi connectivity index (χ3n) is 13.0. The lowest BCUT2D eigenvalue weighted by Crippen LogP contribution is -2.60. The fourth-order valence-electron chi connectivity index (χ4n) is 11.3. The standard InChI is InChI=1S/C30H50/c1-20(2)21-10-13-25-28(21,6)18-19-29(7)23-11-12-24-26(3,4)15-9-16-27(24,5)22(23)14-17-30(25,29)8/h11,20-22,24-25H,9-10,12-19H2,1-8H3/t21-,22+,24+,25+,27-,28-,29-,30+/m1/s1. The Balaban J connectivity index is 1.55. The molecule has 0 radical (unpaired) electrons. The molecule has 0 aromatic rings. The Morgan fingerprint density at radius 2 is 1.50 bits per heavy atom. The van der Waals surface area contributed by atoms with E-state index in [2.05, 4.69) is 61.5 Å². The molecule has 0 spiro atoms. The Hall–Kier alpha value is -0.260. The maximum absolute atomic E-state index is 2.83. The van der Waals surface area contributed by atoms with Gasteiger partial charge < -0.3 is 0 Å². The molecule has 4 fully saturated rings. The molecule has 0 bridgehead atoms. The Bertz CT molecular complexity index is 741. The molecule has 0 amide bonds. The summed E-state index contributed by atoms with van der Waals surface area (Å²) in [5.74, 6) is 4.49. The average molecular weight is 411 g/mol. The first-order valence-electron chi connectivity index (χ1n) is 13.6. The number of allylic oxidation sites excluding steroid dienone is 2. The van der Waals surface area contributed by atoms with Crippen molar-refractivity contribution in [1.29, 1.82) is 0 Å². The van der Waals surface area contributed by atoms with Gasteiger partial charge in [0.05, 0.1) is 0 Å². The highest BCUT2D eigenvalue weighted by molar-refractivity contribution is 5.33. The summed E-state index contributed by atoms with van der Waals surface area (Å²) in [5, 5.41) is 0. The lowest BCUT2D eigenvalue weighted by Gasteiger charge is -2.69. The second-order valence-electron chi connectivity index (χ2n) is 14.6. The first-order valence-corrected chi connectivity index (χ1v) is 13.6. The number of rotatable bonds is 1. The maximum Gasteiger partial charge on any atom is -0.00566 e. The van der Waals surface area contributed by atoms with Gasteiger partial charge in [-0.25, -0.2) is 0 Å². The van der Waals surface area contributed by atoms with Gasteiger partial charge in [-0.1, -0.05) is 73.5 Å². The highest BCUT2D eigenvalue weighted by atomic mass is 14.7. The average Bonchev–Trinajstić information content (AvgIpc) is 3.01. The Morgan fingerprint density at radius 3 is 2.20 bits per heavy atom. The summed E-state index contributed by atoms with van der Waals surface area (Å²) in [7, 11) is 0. The molecule has 0 aromatic heterocycles. The van der Waals surface area contributed by atoms with E-state index in [-0.39, 0.29) is 0 Å². The van der Waals surface area contributed by atoms with Gasteiger partial charge in [-0.3, -0.25) is 0 Å². The van der Waals surface area contributed by atoms with Crippen LogP contribution in [0.2, 0.25) is 0 Å². The molecule has 0 heterocycles. The molecule has 30 heavy (non-hydrogen) atoms. The summed E-state index contributed by atoms with van der Waals surface area (Å²) in [6, 6.07) is 0. The molecule has 5 rings (SSSR count). The molecule has 4 saturated carbocycles. The minimum absolute atomic E-state index is 0.446. The van der Waals surface area contributed by atoms with E-state index in [0.29, 0.717) is 27.1 Å². The SMILES string of the molecule is CC(C)[C@H]1CC[C@H]2[C@]1(C)CC[C@]1(C)C3=CC[C@H]4C(C)(C)CCC[C@]4(C)[C@H]3CC[C@@]21C. The fraction of sp³-hybridized carbons (Fsp3) is 0.933. The molecular weight excluding hydrogens is 360 g/mol. The van der Waals surface area contributed by atoms with E-state index in [4.69, 9.17) is 0 Å². The highest BCUT2D eigenvalue weighted by Crippen LogP contribution is 2.76. The minimum atomic E-state index is 0.446. The Morgan fingerprint density at radius 1 is 0.767 bits per heavy atom. The molecule has 8 atom stereocenters. The second kappa shape index (κ2) is 6.41. The van der Waals surface area contributed by atoms with Crippen LogP contribution in [0.1, 0.15) is 120 Å². The van der Waals surface area contributed by atoms with Gasteiger partial charge in [0.25, 0.3) is 0 Å². The molecular formula is C30H50. The highest BCUT2D eigenvalue weighted by Gasteiger charge is 2.67. The molecule has 0 nitrogen and oxygen atoms in total. The maximum atomic E-state index is 2.83. The smallest absolute Gasteiger partial charge is 0.00566 e. The first-order chi connectivity index (χ1) is 13.9. The van der Waals surface area contributed by atoms with E-state index in [1.807, 2.05) is 5.57 Å². The van der Waals surface area contributed by atoms with Gasteiger partial charge in [-0.15, -0.1) is 0 Å². The Kier molecular flexibility index (Phi) is 4.61. The zero-order valence-corrected chi connectivity index (χ0v) is 21.5. The van der Waals surface area contributed by atoms with Crippen molar-refractivity contribution in [3.8, 4) is 0 Å².